The summed E-state index contributed by atoms with van der Waals surface area (Å²) in [6.07, 6.45) is 3.37. The minimum absolute atomic E-state index is 0.120. The maximum atomic E-state index is 11.4. The van der Waals surface area contributed by atoms with Crippen molar-refractivity contribution in [3.63, 3.8) is 0 Å². The van der Waals surface area contributed by atoms with Crippen molar-refractivity contribution in [2.75, 3.05) is 12.8 Å². The highest BCUT2D eigenvalue weighted by Gasteiger charge is 2.28. The van der Waals surface area contributed by atoms with Crippen LogP contribution in [-0.2, 0) is 20.5 Å². The van der Waals surface area contributed by atoms with Crippen molar-refractivity contribution in [3.05, 3.63) is 26.8 Å². The van der Waals surface area contributed by atoms with E-state index in [0.29, 0.717) is 31.6 Å². The van der Waals surface area contributed by atoms with Crippen molar-refractivity contribution in [2.24, 2.45) is 0 Å². The van der Waals surface area contributed by atoms with Gasteiger partial charge in [-0.2, -0.15) is 0 Å². The van der Waals surface area contributed by atoms with Gasteiger partial charge in [0.2, 0.25) is 0 Å². The zero-order valence-corrected chi connectivity index (χ0v) is 16.1. The van der Waals surface area contributed by atoms with E-state index >= 15 is 0 Å². The van der Waals surface area contributed by atoms with E-state index in [1.54, 1.807) is 0 Å². The number of esters is 1. The van der Waals surface area contributed by atoms with Gasteiger partial charge in [-0.1, -0.05) is 17.9 Å². The van der Waals surface area contributed by atoms with Crippen LogP contribution in [0.4, 0.5) is 0 Å². The lowest BCUT2D eigenvalue weighted by Gasteiger charge is -2.18. The van der Waals surface area contributed by atoms with Gasteiger partial charge in [-0.15, -0.1) is 0 Å². The number of ether oxygens (including phenoxy) is 2. The molecule has 1 saturated heterocycles. The maximum absolute atomic E-state index is 11.4. The molecule has 0 aliphatic carbocycles. The van der Waals surface area contributed by atoms with Crippen LogP contribution in [0.1, 0.15) is 49.8 Å². The van der Waals surface area contributed by atoms with Gasteiger partial charge in [-0.3, -0.25) is 4.79 Å². The van der Waals surface area contributed by atoms with Crippen LogP contribution in [0.3, 0.4) is 0 Å². The van der Waals surface area contributed by atoms with E-state index in [9.17, 15) is 14.3 Å². The lowest BCUT2D eigenvalue weighted by Crippen LogP contribution is -2.07. The largest absolute Gasteiger partial charge is 0.596 e. The Labute approximate surface area is 150 Å². The lowest BCUT2D eigenvalue weighted by molar-refractivity contribution is -0.164. The molecule has 1 aliphatic heterocycles. The van der Waals surface area contributed by atoms with Crippen LogP contribution in [0.2, 0.25) is 0 Å². The van der Waals surface area contributed by atoms with E-state index in [2.05, 4.69) is 29.5 Å². The molecule has 2 rings (SSSR count). The second-order valence-corrected chi connectivity index (χ2v) is 7.78. The van der Waals surface area contributed by atoms with Gasteiger partial charge in [0.15, 0.2) is 0 Å². The number of hydrogen-bond donors (Lipinski definition) is 0. The van der Waals surface area contributed by atoms with Crippen molar-refractivity contribution in [1.29, 1.82) is 0 Å². The standard InChI is InChI=1S/C16H20IO5P/c1-2-4-11-9-15(21-7-3-8-23(19)20)12(10-13(11)17)14-5-6-16(18)22-14/h9-10,14H,2-8H2,1H3. The molecule has 0 bridgehead atoms. The van der Waals surface area contributed by atoms with Gasteiger partial charge in [0, 0.05) is 22.0 Å². The number of carbonyl (C=O) groups excluding carboxylic acids is 1. The van der Waals surface area contributed by atoms with Crippen LogP contribution in [0.25, 0.3) is 0 Å². The van der Waals surface area contributed by atoms with Crippen molar-refractivity contribution < 1.29 is 23.7 Å². The molecule has 23 heavy (non-hydrogen) atoms. The van der Waals surface area contributed by atoms with Crippen molar-refractivity contribution in [1.82, 2.24) is 0 Å². The normalized spacial score (nSPS) is 18.0. The number of benzene rings is 1. The fourth-order valence-corrected chi connectivity index (χ4v) is 3.72. The molecule has 0 spiro atoms. The first-order valence-electron chi connectivity index (χ1n) is 7.77. The summed E-state index contributed by atoms with van der Waals surface area (Å²) in [5.74, 6) is 0.520. The number of halogens is 1. The molecule has 0 N–H and O–H groups in total. The number of aryl methyl sites for hydroxylation is 1. The molecule has 1 aromatic rings. The quantitative estimate of drug-likeness (QED) is 0.262. The Balaban J connectivity index is 2.18. The van der Waals surface area contributed by atoms with Gasteiger partial charge in [0.05, 0.1) is 6.61 Å². The van der Waals surface area contributed by atoms with Gasteiger partial charge < -0.3 is 14.4 Å². The molecule has 2 atom stereocenters. The third-order valence-electron chi connectivity index (χ3n) is 3.67. The summed E-state index contributed by atoms with van der Waals surface area (Å²) in [6.45, 7) is 2.46. The first-order valence-corrected chi connectivity index (χ1v) is 10.2. The predicted octanol–water partition coefficient (Wildman–Crippen LogP) is 3.49. The molecule has 0 aromatic heterocycles. The summed E-state index contributed by atoms with van der Waals surface area (Å²) in [4.78, 5) is 22.0. The second-order valence-electron chi connectivity index (χ2n) is 5.51. The lowest BCUT2D eigenvalue weighted by atomic mass is 10.0. The van der Waals surface area contributed by atoms with E-state index in [0.717, 1.165) is 22.0 Å². The third-order valence-corrected chi connectivity index (χ3v) is 5.36. The molecule has 2 unspecified atom stereocenters. The Hall–Kier alpha value is -0.720. The van der Waals surface area contributed by atoms with Crippen LogP contribution >= 0.6 is 30.6 Å². The minimum atomic E-state index is -2.37. The highest BCUT2D eigenvalue weighted by Crippen LogP contribution is 2.37. The highest BCUT2D eigenvalue weighted by atomic mass is 127. The number of cyclic esters (lactones) is 1. The fraction of sp³-hybridized carbons (Fsp3) is 0.562. The molecular formula is C16H20IO5P. The van der Waals surface area contributed by atoms with Crippen molar-refractivity contribution in [2.45, 2.75) is 45.1 Å². The average molecular weight is 450 g/mol. The second kappa shape index (κ2) is 8.94. The molecule has 7 heteroatoms. The van der Waals surface area contributed by atoms with Crippen LogP contribution in [0.15, 0.2) is 12.1 Å². The smallest absolute Gasteiger partial charge is 0.308 e. The van der Waals surface area contributed by atoms with E-state index < -0.39 is 8.03 Å². The van der Waals surface area contributed by atoms with Crippen molar-refractivity contribution >= 4 is 36.6 Å². The van der Waals surface area contributed by atoms with E-state index in [-0.39, 0.29) is 18.2 Å². The predicted molar refractivity (Wildman–Crippen MR) is 93.8 cm³/mol. The van der Waals surface area contributed by atoms with Crippen LogP contribution in [-0.4, -0.2) is 18.7 Å². The molecular weight excluding hydrogens is 430 g/mol. The van der Waals surface area contributed by atoms with Crippen LogP contribution < -0.4 is 9.63 Å². The summed E-state index contributed by atoms with van der Waals surface area (Å²) >= 11 is 2.30. The zero-order chi connectivity index (χ0) is 16.8. The Bertz CT molecular complexity index is 590. The van der Waals surface area contributed by atoms with Gasteiger partial charge in [-0.05, 0) is 53.1 Å². The Morgan fingerprint density at radius 3 is 2.87 bits per heavy atom. The van der Waals surface area contributed by atoms with E-state index in [1.165, 1.54) is 5.56 Å². The van der Waals surface area contributed by atoms with Gasteiger partial charge in [0.25, 0.3) is 0 Å². The van der Waals surface area contributed by atoms with E-state index in [4.69, 9.17) is 9.47 Å². The summed E-state index contributed by atoms with van der Waals surface area (Å²) < 4.78 is 22.9. The Kier molecular flexibility index (Phi) is 7.24. The molecule has 0 saturated carbocycles. The first kappa shape index (κ1) is 18.6. The molecule has 126 valence electrons. The van der Waals surface area contributed by atoms with Crippen LogP contribution in [0, 0.1) is 3.57 Å². The maximum Gasteiger partial charge on any atom is 0.308 e. The fourth-order valence-electron chi connectivity index (χ4n) is 2.57. The first-order chi connectivity index (χ1) is 11.0. The molecule has 1 aromatic carbocycles. The number of rotatable bonds is 8. The molecule has 5 nitrogen and oxygen atoms in total. The summed E-state index contributed by atoms with van der Waals surface area (Å²) in [7, 11) is -2.37. The van der Waals surface area contributed by atoms with Crippen LogP contribution in [0.5, 0.6) is 5.75 Å². The van der Waals surface area contributed by atoms with E-state index in [1.807, 2.05) is 12.1 Å². The molecule has 0 amide bonds. The average Bonchev–Trinajstić information content (AvgIpc) is 2.92. The Morgan fingerprint density at radius 2 is 2.26 bits per heavy atom. The number of hydrogen-bond acceptors (Lipinski definition) is 5. The minimum Gasteiger partial charge on any atom is -0.596 e. The highest BCUT2D eigenvalue weighted by molar-refractivity contribution is 14.1. The SMILES string of the molecule is CCCc1cc(OCCC[P+](=O)[O-])c(C2CCC(=O)O2)cc1I. The summed E-state index contributed by atoms with van der Waals surface area (Å²) in [5.41, 5.74) is 2.08. The summed E-state index contributed by atoms with van der Waals surface area (Å²) in [6, 6.07) is 4.03. The number of carbonyl (C=O) groups is 1. The molecule has 1 heterocycles. The molecule has 0 radical (unpaired) electrons. The van der Waals surface area contributed by atoms with Gasteiger partial charge in [0.1, 0.15) is 18.0 Å². The molecule has 1 fully saturated rings. The van der Waals surface area contributed by atoms with Crippen molar-refractivity contribution in [3.8, 4) is 5.75 Å². The topological polar surface area (TPSA) is 75.7 Å². The van der Waals surface area contributed by atoms with Gasteiger partial charge >= 0.3 is 14.0 Å². The Morgan fingerprint density at radius 1 is 1.48 bits per heavy atom. The third kappa shape index (κ3) is 5.40. The summed E-state index contributed by atoms with van der Waals surface area (Å²) in [5, 5.41) is 0. The monoisotopic (exact) mass is 450 g/mol. The van der Waals surface area contributed by atoms with Gasteiger partial charge in [-0.25, -0.2) is 0 Å². The zero-order valence-electron chi connectivity index (χ0n) is 13.0. The molecule has 1 aliphatic rings.